The molecule has 0 amide bonds. The van der Waals surface area contributed by atoms with E-state index in [-0.39, 0.29) is 16.6 Å². The van der Waals surface area contributed by atoms with E-state index in [9.17, 15) is 4.79 Å². The normalized spacial score (nSPS) is 36.3. The molecule has 4 rings (SSSR count). The van der Waals surface area contributed by atoms with Gasteiger partial charge in [0.15, 0.2) is 0 Å². The van der Waals surface area contributed by atoms with Crippen LogP contribution in [0.25, 0.3) is 0 Å². The molecule has 2 fully saturated rings. The SMILES string of the molecule is O=C(OCC1CCCCC1)C1CSC23CC=CC=C2N=CCC13. The van der Waals surface area contributed by atoms with Crippen molar-refractivity contribution < 1.29 is 9.53 Å². The molecule has 0 bridgehead atoms. The average Bonchev–Trinajstić information content (AvgIpc) is 2.98. The van der Waals surface area contributed by atoms with Crippen LogP contribution < -0.4 is 0 Å². The molecule has 0 aromatic heterocycles. The summed E-state index contributed by atoms with van der Waals surface area (Å²) in [6, 6.07) is 0. The van der Waals surface area contributed by atoms with Gasteiger partial charge in [0, 0.05) is 12.0 Å². The summed E-state index contributed by atoms with van der Waals surface area (Å²) in [7, 11) is 0. The van der Waals surface area contributed by atoms with Crippen LogP contribution in [0.5, 0.6) is 0 Å². The Bertz CT molecular complexity index is 562. The fraction of sp³-hybridized carbons (Fsp3) is 0.684. The number of carbonyl (C=O) groups is 1. The third-order valence-electron chi connectivity index (χ3n) is 5.93. The number of carbonyl (C=O) groups excluding carboxylic acids is 1. The lowest BCUT2D eigenvalue weighted by atomic mass is 9.74. The monoisotopic (exact) mass is 331 g/mol. The van der Waals surface area contributed by atoms with E-state index in [0.29, 0.717) is 18.4 Å². The van der Waals surface area contributed by atoms with Crippen LogP contribution in [-0.2, 0) is 9.53 Å². The van der Waals surface area contributed by atoms with Crippen molar-refractivity contribution in [3.63, 3.8) is 0 Å². The standard InChI is InChI=1S/C19H25NO2S/c21-18(22-12-14-6-2-1-3-7-14)15-13-23-19-10-5-4-8-17(19)20-11-9-16(15)19/h4-5,8,11,14-16H,1-3,6-7,9-10,12-13H2. The summed E-state index contributed by atoms with van der Waals surface area (Å²) in [6.07, 6.45) is 16.7. The minimum atomic E-state index is 0.0258. The van der Waals surface area contributed by atoms with E-state index in [1.165, 1.54) is 32.1 Å². The van der Waals surface area contributed by atoms with Crippen molar-refractivity contribution in [3.8, 4) is 0 Å². The minimum Gasteiger partial charge on any atom is -0.465 e. The molecule has 1 saturated carbocycles. The molecule has 4 heteroatoms. The molecule has 0 radical (unpaired) electrons. The van der Waals surface area contributed by atoms with Crippen molar-refractivity contribution in [2.45, 2.75) is 49.7 Å². The van der Waals surface area contributed by atoms with E-state index in [0.717, 1.165) is 24.3 Å². The van der Waals surface area contributed by atoms with Crippen LogP contribution >= 0.6 is 11.8 Å². The zero-order chi connectivity index (χ0) is 15.7. The molecule has 4 aliphatic rings. The summed E-state index contributed by atoms with van der Waals surface area (Å²) in [5.74, 6) is 1.89. The van der Waals surface area contributed by atoms with Crippen LogP contribution in [0.4, 0.5) is 0 Å². The lowest BCUT2D eigenvalue weighted by Crippen LogP contribution is -2.40. The van der Waals surface area contributed by atoms with Gasteiger partial charge in [-0.2, -0.15) is 0 Å². The minimum absolute atomic E-state index is 0.0258. The maximum atomic E-state index is 12.7. The Hall–Kier alpha value is -1.03. The molecule has 0 aromatic rings. The van der Waals surface area contributed by atoms with Crippen molar-refractivity contribution in [2.24, 2.45) is 22.7 Å². The maximum absolute atomic E-state index is 12.7. The number of rotatable bonds is 3. The second-order valence-electron chi connectivity index (χ2n) is 7.28. The Morgan fingerprint density at radius 2 is 2.22 bits per heavy atom. The molecule has 2 aliphatic carbocycles. The Labute approximate surface area is 142 Å². The molecule has 1 spiro atoms. The number of esters is 1. The molecular formula is C19H25NO2S. The Morgan fingerprint density at radius 1 is 1.35 bits per heavy atom. The number of nitrogens with zero attached hydrogens (tertiary/aromatic N) is 1. The number of aliphatic imine (C=N–C) groups is 1. The number of allylic oxidation sites excluding steroid dienone is 3. The summed E-state index contributed by atoms with van der Waals surface area (Å²) in [5, 5.41) is 0. The summed E-state index contributed by atoms with van der Waals surface area (Å²) in [5.41, 5.74) is 1.16. The van der Waals surface area contributed by atoms with Gasteiger partial charge in [-0.25, -0.2) is 0 Å². The summed E-state index contributed by atoms with van der Waals surface area (Å²) in [4.78, 5) is 17.3. The lowest BCUT2D eigenvalue weighted by Gasteiger charge is -2.39. The van der Waals surface area contributed by atoms with Gasteiger partial charge in [0.1, 0.15) is 0 Å². The molecule has 0 N–H and O–H groups in total. The van der Waals surface area contributed by atoms with Gasteiger partial charge in [-0.3, -0.25) is 9.79 Å². The van der Waals surface area contributed by atoms with Gasteiger partial charge in [-0.15, -0.1) is 11.8 Å². The Kier molecular flexibility index (Phi) is 4.35. The van der Waals surface area contributed by atoms with E-state index in [4.69, 9.17) is 4.74 Å². The molecule has 3 unspecified atom stereocenters. The van der Waals surface area contributed by atoms with Crippen LogP contribution in [0, 0.1) is 17.8 Å². The third-order valence-corrected chi connectivity index (χ3v) is 7.65. The second kappa shape index (κ2) is 6.46. The predicted octanol–water partition coefficient (Wildman–Crippen LogP) is 4.15. The van der Waals surface area contributed by atoms with Crippen molar-refractivity contribution in [3.05, 3.63) is 23.9 Å². The van der Waals surface area contributed by atoms with Crippen molar-refractivity contribution >= 4 is 23.9 Å². The topological polar surface area (TPSA) is 38.7 Å². The van der Waals surface area contributed by atoms with E-state index in [2.05, 4.69) is 23.2 Å². The van der Waals surface area contributed by atoms with Gasteiger partial charge in [-0.05, 0) is 43.6 Å². The van der Waals surface area contributed by atoms with Gasteiger partial charge in [0.25, 0.3) is 0 Å². The first-order chi connectivity index (χ1) is 11.3. The Morgan fingerprint density at radius 3 is 3.09 bits per heavy atom. The number of hydrogen-bond donors (Lipinski definition) is 0. The molecular weight excluding hydrogens is 306 g/mol. The summed E-state index contributed by atoms with van der Waals surface area (Å²) < 4.78 is 5.78. The predicted molar refractivity (Wildman–Crippen MR) is 94.7 cm³/mol. The number of ether oxygens (including phenoxy) is 1. The lowest BCUT2D eigenvalue weighted by molar-refractivity contribution is -0.151. The summed E-state index contributed by atoms with van der Waals surface area (Å²) >= 11 is 1.92. The molecule has 2 aliphatic heterocycles. The fourth-order valence-corrected chi connectivity index (χ4v) is 6.38. The van der Waals surface area contributed by atoms with Crippen LogP contribution in [0.2, 0.25) is 0 Å². The van der Waals surface area contributed by atoms with Crippen molar-refractivity contribution in [1.82, 2.24) is 0 Å². The van der Waals surface area contributed by atoms with Crippen LogP contribution in [-0.4, -0.2) is 29.3 Å². The highest BCUT2D eigenvalue weighted by Gasteiger charge is 2.55. The van der Waals surface area contributed by atoms with Gasteiger partial charge < -0.3 is 4.74 Å². The smallest absolute Gasteiger partial charge is 0.310 e. The first kappa shape index (κ1) is 15.5. The van der Waals surface area contributed by atoms with Gasteiger partial charge >= 0.3 is 5.97 Å². The largest absolute Gasteiger partial charge is 0.465 e. The first-order valence-corrected chi connectivity index (χ1v) is 9.98. The van der Waals surface area contributed by atoms with Crippen molar-refractivity contribution in [1.29, 1.82) is 0 Å². The van der Waals surface area contributed by atoms with Crippen LogP contribution in [0.1, 0.15) is 44.9 Å². The zero-order valence-corrected chi connectivity index (χ0v) is 14.4. The molecule has 124 valence electrons. The molecule has 2 heterocycles. The molecule has 3 nitrogen and oxygen atoms in total. The highest BCUT2D eigenvalue weighted by atomic mass is 32.2. The Balaban J connectivity index is 1.42. The fourth-order valence-electron chi connectivity index (χ4n) is 4.57. The average molecular weight is 331 g/mol. The highest BCUT2D eigenvalue weighted by molar-refractivity contribution is 8.01. The zero-order valence-electron chi connectivity index (χ0n) is 13.6. The molecule has 1 saturated heterocycles. The van der Waals surface area contributed by atoms with Gasteiger partial charge in [0.05, 0.1) is 23.0 Å². The van der Waals surface area contributed by atoms with E-state index in [1.54, 1.807) is 0 Å². The van der Waals surface area contributed by atoms with Gasteiger partial charge in [0.2, 0.25) is 0 Å². The maximum Gasteiger partial charge on any atom is 0.310 e. The van der Waals surface area contributed by atoms with Gasteiger partial charge in [-0.1, -0.05) is 31.4 Å². The van der Waals surface area contributed by atoms with Crippen molar-refractivity contribution in [2.75, 3.05) is 12.4 Å². The van der Waals surface area contributed by atoms with Crippen LogP contribution in [0.3, 0.4) is 0 Å². The third kappa shape index (κ3) is 2.79. The highest BCUT2D eigenvalue weighted by Crippen LogP contribution is 2.57. The first-order valence-electron chi connectivity index (χ1n) is 9.00. The number of hydrogen-bond acceptors (Lipinski definition) is 4. The molecule has 23 heavy (non-hydrogen) atoms. The molecule has 3 atom stereocenters. The summed E-state index contributed by atoms with van der Waals surface area (Å²) in [6.45, 7) is 0.635. The van der Waals surface area contributed by atoms with Crippen LogP contribution in [0.15, 0.2) is 28.9 Å². The molecule has 0 aromatic carbocycles. The quantitative estimate of drug-likeness (QED) is 0.729. The van der Waals surface area contributed by atoms with E-state index in [1.807, 2.05) is 18.0 Å². The van der Waals surface area contributed by atoms with E-state index >= 15 is 0 Å². The second-order valence-corrected chi connectivity index (χ2v) is 8.63. The van der Waals surface area contributed by atoms with E-state index < -0.39 is 0 Å². The number of thioether (sulfide) groups is 1.